The Kier molecular flexibility index (Phi) is 5.78. The van der Waals surface area contributed by atoms with Crippen molar-refractivity contribution in [3.05, 3.63) is 36.3 Å². The van der Waals surface area contributed by atoms with E-state index in [1.165, 1.54) is 0 Å². The zero-order valence-electron chi connectivity index (χ0n) is 21.2. The number of nitrogens with zero attached hydrogens (tertiary/aromatic N) is 4. The third-order valence-electron chi connectivity index (χ3n) is 6.72. The summed E-state index contributed by atoms with van der Waals surface area (Å²) < 4.78 is 11.7. The van der Waals surface area contributed by atoms with Gasteiger partial charge in [0.25, 0.3) is 0 Å². The van der Waals surface area contributed by atoms with Crippen LogP contribution in [0.15, 0.2) is 30.6 Å². The second-order valence-electron chi connectivity index (χ2n) is 11.0. The summed E-state index contributed by atoms with van der Waals surface area (Å²) in [6.45, 7) is 11.1. The number of thiazole rings is 1. The molecule has 0 aliphatic carbocycles. The van der Waals surface area contributed by atoms with E-state index < -0.39 is 5.60 Å². The van der Waals surface area contributed by atoms with E-state index in [-0.39, 0.29) is 17.7 Å². The van der Waals surface area contributed by atoms with E-state index in [1.54, 1.807) is 11.3 Å². The number of hydrogen-bond donors (Lipinski definition) is 1. The Hall–Kier alpha value is -3.07. The molecule has 1 fully saturated rings. The number of ether oxygens (including phenoxy) is 2. The summed E-state index contributed by atoms with van der Waals surface area (Å²) in [7, 11) is 2.11. The lowest BCUT2D eigenvalue weighted by Crippen LogP contribution is -2.57. The van der Waals surface area contributed by atoms with Crippen LogP contribution in [-0.4, -0.2) is 56.9 Å². The topological polar surface area (TPSA) is 83.6 Å². The molecule has 1 N–H and O–H groups in total. The summed E-state index contributed by atoms with van der Waals surface area (Å²) in [4.78, 5) is 23.0. The molecule has 0 bridgehead atoms. The average Bonchev–Trinajstić information content (AvgIpc) is 3.46. The van der Waals surface area contributed by atoms with Crippen LogP contribution in [0.25, 0.3) is 21.6 Å². The summed E-state index contributed by atoms with van der Waals surface area (Å²) >= 11 is 1.71. The highest BCUT2D eigenvalue weighted by molar-refractivity contribution is 7.19. The Bertz CT molecular complexity index is 1230. The molecule has 186 valence electrons. The highest BCUT2D eigenvalue weighted by Gasteiger charge is 2.41. The van der Waals surface area contributed by atoms with Crippen LogP contribution < -0.4 is 9.64 Å². The van der Waals surface area contributed by atoms with Crippen molar-refractivity contribution in [2.75, 3.05) is 18.5 Å². The van der Waals surface area contributed by atoms with Crippen LogP contribution in [-0.2, 0) is 11.3 Å². The van der Waals surface area contributed by atoms with Crippen LogP contribution in [0.3, 0.4) is 0 Å². The molecule has 0 saturated carbocycles. The van der Waals surface area contributed by atoms with E-state index >= 15 is 0 Å². The lowest BCUT2D eigenvalue weighted by Gasteiger charge is -2.47. The molecule has 1 atom stereocenters. The summed E-state index contributed by atoms with van der Waals surface area (Å²) in [6, 6.07) is 6.56. The summed E-state index contributed by atoms with van der Waals surface area (Å²) in [6.07, 6.45) is 5.16. The van der Waals surface area contributed by atoms with Crippen molar-refractivity contribution in [2.24, 2.45) is 0 Å². The van der Waals surface area contributed by atoms with Crippen LogP contribution in [0, 0.1) is 0 Å². The number of likely N-dealkylation sites (tertiary alicyclic amines) is 1. The first-order valence-electron chi connectivity index (χ1n) is 12.0. The molecule has 1 amide bonds. The molecule has 8 nitrogen and oxygen atoms in total. The van der Waals surface area contributed by atoms with Crippen molar-refractivity contribution in [3.63, 3.8) is 0 Å². The highest BCUT2D eigenvalue weighted by atomic mass is 32.1. The minimum Gasteiger partial charge on any atom is -0.487 e. The Balaban J connectivity index is 1.33. The number of anilines is 1. The predicted molar refractivity (Wildman–Crippen MR) is 138 cm³/mol. The van der Waals surface area contributed by atoms with Crippen LogP contribution in [0.1, 0.15) is 53.2 Å². The number of rotatable bonds is 3. The van der Waals surface area contributed by atoms with Crippen LogP contribution in [0.4, 0.5) is 9.93 Å². The second-order valence-corrected chi connectivity index (χ2v) is 11.9. The van der Waals surface area contributed by atoms with E-state index in [9.17, 15) is 4.79 Å². The molecule has 5 rings (SSSR count). The zero-order valence-corrected chi connectivity index (χ0v) is 22.0. The molecular formula is C26H33N5O3S. The first-order chi connectivity index (χ1) is 16.5. The van der Waals surface area contributed by atoms with Gasteiger partial charge in [-0.2, -0.15) is 5.10 Å². The third kappa shape index (κ3) is 4.61. The molecule has 2 aliphatic rings. The molecule has 1 unspecified atom stereocenters. The van der Waals surface area contributed by atoms with Gasteiger partial charge < -0.3 is 19.3 Å². The number of aromatic nitrogens is 3. The largest absolute Gasteiger partial charge is 0.487 e. The normalized spacial score (nSPS) is 18.9. The Labute approximate surface area is 210 Å². The molecular weight excluding hydrogens is 462 g/mol. The highest BCUT2D eigenvalue weighted by Crippen LogP contribution is 2.45. The minimum atomic E-state index is -0.502. The van der Waals surface area contributed by atoms with Crippen molar-refractivity contribution < 1.29 is 14.3 Å². The van der Waals surface area contributed by atoms with Crippen molar-refractivity contribution in [3.8, 4) is 27.3 Å². The number of carbonyl (C=O) groups excluding carboxylic acids is 1. The van der Waals surface area contributed by atoms with Crippen molar-refractivity contribution >= 4 is 22.6 Å². The molecule has 9 heteroatoms. The predicted octanol–water partition coefficient (Wildman–Crippen LogP) is 5.71. The first-order valence-corrected chi connectivity index (χ1v) is 12.8. The van der Waals surface area contributed by atoms with Crippen molar-refractivity contribution in [1.82, 2.24) is 20.1 Å². The fourth-order valence-corrected chi connectivity index (χ4v) is 6.01. The molecule has 0 spiro atoms. The van der Waals surface area contributed by atoms with Gasteiger partial charge in [0.15, 0.2) is 5.13 Å². The van der Waals surface area contributed by atoms with Crippen LogP contribution in [0.2, 0.25) is 0 Å². The number of piperidine rings is 1. The van der Waals surface area contributed by atoms with E-state index in [1.807, 2.05) is 38.1 Å². The van der Waals surface area contributed by atoms with E-state index in [4.69, 9.17) is 14.5 Å². The van der Waals surface area contributed by atoms with E-state index in [2.05, 4.69) is 54.2 Å². The Morgan fingerprint density at radius 3 is 2.80 bits per heavy atom. The average molecular weight is 496 g/mol. The number of H-pyrrole nitrogens is 1. The minimum absolute atomic E-state index is 0.239. The van der Waals surface area contributed by atoms with Gasteiger partial charge in [0, 0.05) is 42.5 Å². The molecule has 3 aromatic rings. The molecule has 2 aliphatic heterocycles. The van der Waals surface area contributed by atoms with Gasteiger partial charge in [0.2, 0.25) is 0 Å². The molecule has 1 aromatic carbocycles. The van der Waals surface area contributed by atoms with Crippen LogP contribution >= 0.6 is 11.3 Å². The number of carbonyl (C=O) groups is 1. The standard InChI is InChI=1S/C26H33N5O3S/c1-25(2,3)34-24(32)31-10-9-18(12-26(31,4)5)30(6)23-29-20-15-33-21-11-16(17-13-27-28-14-17)7-8-19(21)22(20)35-23/h7-8,11,13-14,18H,9-10,12,15H2,1-6H3,(H,27,28). The van der Waals surface area contributed by atoms with Crippen LogP contribution in [0.5, 0.6) is 5.75 Å². The fraction of sp³-hybridized carbons (Fsp3) is 0.500. The summed E-state index contributed by atoms with van der Waals surface area (Å²) in [5, 5.41) is 7.89. The smallest absolute Gasteiger partial charge is 0.410 e. The van der Waals surface area contributed by atoms with Gasteiger partial charge in [-0.3, -0.25) is 5.10 Å². The quantitative estimate of drug-likeness (QED) is 0.501. The lowest BCUT2D eigenvalue weighted by molar-refractivity contribution is -0.00908. The number of fused-ring (bicyclic) bond motifs is 3. The van der Waals surface area contributed by atoms with Gasteiger partial charge in [-0.15, -0.1) is 0 Å². The molecule has 35 heavy (non-hydrogen) atoms. The molecule has 4 heterocycles. The third-order valence-corrected chi connectivity index (χ3v) is 7.94. The van der Waals surface area contributed by atoms with Crippen molar-refractivity contribution in [1.29, 1.82) is 0 Å². The number of benzene rings is 1. The van der Waals surface area contributed by atoms with Gasteiger partial charge >= 0.3 is 6.09 Å². The maximum Gasteiger partial charge on any atom is 0.410 e. The number of hydrogen-bond acceptors (Lipinski definition) is 7. The summed E-state index contributed by atoms with van der Waals surface area (Å²) in [5.74, 6) is 0.876. The maximum absolute atomic E-state index is 12.8. The second kappa shape index (κ2) is 8.55. The zero-order chi connectivity index (χ0) is 25.0. The first kappa shape index (κ1) is 23.7. The maximum atomic E-state index is 12.8. The molecule has 0 radical (unpaired) electrons. The number of nitrogens with one attached hydrogen (secondary N) is 1. The van der Waals surface area contributed by atoms with Crippen molar-refractivity contribution in [2.45, 2.75) is 71.2 Å². The number of amides is 1. The monoisotopic (exact) mass is 495 g/mol. The van der Waals surface area contributed by atoms with E-state index in [0.717, 1.165) is 51.0 Å². The Morgan fingerprint density at radius 2 is 2.11 bits per heavy atom. The number of aromatic amines is 1. The molecule has 1 saturated heterocycles. The Morgan fingerprint density at radius 1 is 1.31 bits per heavy atom. The van der Waals surface area contributed by atoms with Gasteiger partial charge in [-0.1, -0.05) is 17.4 Å². The lowest BCUT2D eigenvalue weighted by atomic mass is 9.87. The van der Waals surface area contributed by atoms with Gasteiger partial charge in [-0.05, 0) is 65.2 Å². The van der Waals surface area contributed by atoms with Gasteiger partial charge in [-0.25, -0.2) is 9.78 Å². The van der Waals surface area contributed by atoms with E-state index in [0.29, 0.717) is 13.2 Å². The SMILES string of the molecule is CN(c1nc2c(s1)-c1ccc(-c3cn[nH]c3)cc1OC2)C1CCN(C(=O)OC(C)(C)C)C(C)(C)C1. The van der Waals surface area contributed by atoms with Gasteiger partial charge in [0.1, 0.15) is 18.0 Å². The summed E-state index contributed by atoms with van der Waals surface area (Å²) in [5.41, 5.74) is 3.35. The van der Waals surface area contributed by atoms with Gasteiger partial charge in [0.05, 0.1) is 16.8 Å². The fourth-order valence-electron chi connectivity index (χ4n) is 4.87. The molecule has 2 aromatic heterocycles.